The molecule has 0 amide bonds. The number of aliphatic hydroxyl groups is 1. The highest BCUT2D eigenvalue weighted by atomic mass is 16.2. The minimum absolute atomic E-state index is 0.219. The molecule has 0 fully saturated rings. The van der Waals surface area contributed by atoms with Crippen molar-refractivity contribution in [2.75, 3.05) is 13.2 Å². The third kappa shape index (κ3) is 5.72. The Morgan fingerprint density at radius 2 is 2.33 bits per heavy atom. The SMILES string of the molecule is C=Cc1cnccc1N=C.NCCCO. The van der Waals surface area contributed by atoms with Gasteiger partial charge in [0.05, 0.1) is 5.69 Å². The zero-order valence-electron chi connectivity index (χ0n) is 8.76. The number of nitrogens with zero attached hydrogens (tertiary/aromatic N) is 2. The number of rotatable bonds is 4. The summed E-state index contributed by atoms with van der Waals surface area (Å²) in [6.45, 7) is 7.84. The minimum atomic E-state index is 0.219. The fourth-order valence-corrected chi connectivity index (χ4v) is 0.792. The van der Waals surface area contributed by atoms with E-state index in [0.717, 1.165) is 17.7 Å². The molecule has 0 spiro atoms. The van der Waals surface area contributed by atoms with Crippen molar-refractivity contribution in [3.63, 3.8) is 0 Å². The summed E-state index contributed by atoms with van der Waals surface area (Å²) in [4.78, 5) is 7.69. The van der Waals surface area contributed by atoms with Gasteiger partial charge in [0.1, 0.15) is 0 Å². The van der Waals surface area contributed by atoms with E-state index in [2.05, 4.69) is 23.3 Å². The summed E-state index contributed by atoms with van der Waals surface area (Å²) in [5.41, 5.74) is 6.72. The Labute approximate surface area is 90.2 Å². The summed E-state index contributed by atoms with van der Waals surface area (Å²) in [6.07, 6.45) is 5.81. The number of nitrogens with two attached hydrogens (primary N) is 1. The first-order valence-electron chi connectivity index (χ1n) is 4.64. The van der Waals surface area contributed by atoms with Crippen molar-refractivity contribution in [3.8, 4) is 0 Å². The molecule has 1 aromatic heterocycles. The lowest BCUT2D eigenvalue weighted by Gasteiger charge is -1.95. The van der Waals surface area contributed by atoms with Gasteiger partial charge in [-0.05, 0) is 25.7 Å². The Morgan fingerprint density at radius 1 is 1.60 bits per heavy atom. The van der Waals surface area contributed by atoms with Gasteiger partial charge in [0.2, 0.25) is 0 Å². The molecule has 15 heavy (non-hydrogen) atoms. The van der Waals surface area contributed by atoms with Gasteiger partial charge in [0.25, 0.3) is 0 Å². The number of aliphatic hydroxyl groups excluding tert-OH is 1. The van der Waals surface area contributed by atoms with E-state index in [0.29, 0.717) is 6.54 Å². The summed E-state index contributed by atoms with van der Waals surface area (Å²) in [7, 11) is 0. The maximum Gasteiger partial charge on any atom is 0.0725 e. The average Bonchev–Trinajstić information content (AvgIpc) is 2.31. The Hall–Kier alpha value is -1.52. The predicted octanol–water partition coefficient (Wildman–Crippen LogP) is 1.38. The molecule has 1 aromatic rings. The first kappa shape index (κ1) is 13.5. The first-order valence-corrected chi connectivity index (χ1v) is 4.64. The molecule has 3 N–H and O–H groups in total. The third-order valence-corrected chi connectivity index (χ3v) is 1.58. The van der Waals surface area contributed by atoms with Gasteiger partial charge in [-0.15, -0.1) is 0 Å². The van der Waals surface area contributed by atoms with Crippen molar-refractivity contribution >= 4 is 18.5 Å². The van der Waals surface area contributed by atoms with E-state index in [9.17, 15) is 0 Å². The van der Waals surface area contributed by atoms with E-state index in [1.807, 2.05) is 0 Å². The van der Waals surface area contributed by atoms with Crippen LogP contribution in [0, 0.1) is 0 Å². The van der Waals surface area contributed by atoms with Crippen LogP contribution in [0.25, 0.3) is 6.08 Å². The lowest BCUT2D eigenvalue weighted by molar-refractivity contribution is 0.291. The molecule has 0 radical (unpaired) electrons. The van der Waals surface area contributed by atoms with Crippen LogP contribution in [0.2, 0.25) is 0 Å². The van der Waals surface area contributed by atoms with Crippen LogP contribution >= 0.6 is 0 Å². The second kappa shape index (κ2) is 9.05. The summed E-state index contributed by atoms with van der Waals surface area (Å²) in [6, 6.07) is 1.80. The molecule has 0 aromatic carbocycles. The number of pyridine rings is 1. The number of aromatic nitrogens is 1. The lowest BCUT2D eigenvalue weighted by atomic mass is 10.2. The van der Waals surface area contributed by atoms with Gasteiger partial charge in [-0.25, -0.2) is 0 Å². The van der Waals surface area contributed by atoms with E-state index in [1.165, 1.54) is 0 Å². The van der Waals surface area contributed by atoms with Crippen LogP contribution in [-0.2, 0) is 0 Å². The van der Waals surface area contributed by atoms with Gasteiger partial charge in [-0.2, -0.15) is 0 Å². The van der Waals surface area contributed by atoms with Crippen molar-refractivity contribution in [1.29, 1.82) is 0 Å². The summed E-state index contributed by atoms with van der Waals surface area (Å²) in [5, 5.41) is 7.99. The van der Waals surface area contributed by atoms with Gasteiger partial charge in [-0.3, -0.25) is 9.98 Å². The van der Waals surface area contributed by atoms with Crippen LogP contribution in [0.3, 0.4) is 0 Å². The molecule has 0 unspecified atom stereocenters. The molecule has 0 bridgehead atoms. The highest BCUT2D eigenvalue weighted by molar-refractivity contribution is 5.63. The molecule has 0 aliphatic heterocycles. The topological polar surface area (TPSA) is 71.5 Å². The van der Waals surface area contributed by atoms with Crippen LogP contribution < -0.4 is 5.73 Å². The van der Waals surface area contributed by atoms with Crippen LogP contribution in [0.5, 0.6) is 0 Å². The summed E-state index contributed by atoms with van der Waals surface area (Å²) >= 11 is 0. The van der Waals surface area contributed by atoms with E-state index in [-0.39, 0.29) is 6.61 Å². The maximum absolute atomic E-state index is 7.99. The van der Waals surface area contributed by atoms with Crippen molar-refractivity contribution in [2.24, 2.45) is 10.7 Å². The van der Waals surface area contributed by atoms with Gasteiger partial charge in [0.15, 0.2) is 0 Å². The molecule has 0 atom stereocenters. The molecule has 4 nitrogen and oxygen atoms in total. The fourth-order valence-electron chi connectivity index (χ4n) is 0.792. The molecule has 0 saturated carbocycles. The zero-order chi connectivity index (χ0) is 11.5. The van der Waals surface area contributed by atoms with Crippen molar-refractivity contribution in [2.45, 2.75) is 6.42 Å². The van der Waals surface area contributed by atoms with Gasteiger partial charge in [-0.1, -0.05) is 12.7 Å². The van der Waals surface area contributed by atoms with Crippen LogP contribution in [0.4, 0.5) is 5.69 Å². The monoisotopic (exact) mass is 207 g/mol. The van der Waals surface area contributed by atoms with Crippen LogP contribution in [0.15, 0.2) is 30.0 Å². The second-order valence-corrected chi connectivity index (χ2v) is 2.66. The molecular formula is C11H17N3O. The maximum atomic E-state index is 7.99. The van der Waals surface area contributed by atoms with Crippen molar-refractivity contribution in [3.05, 3.63) is 30.6 Å². The Morgan fingerprint density at radius 3 is 2.67 bits per heavy atom. The van der Waals surface area contributed by atoms with Gasteiger partial charge in [0, 0.05) is 24.6 Å². The molecule has 1 rings (SSSR count). The normalized spacial score (nSPS) is 8.67. The lowest BCUT2D eigenvalue weighted by Crippen LogP contribution is -1.99. The number of hydrogen-bond acceptors (Lipinski definition) is 4. The molecule has 0 aliphatic rings. The van der Waals surface area contributed by atoms with E-state index < -0.39 is 0 Å². The second-order valence-electron chi connectivity index (χ2n) is 2.66. The largest absolute Gasteiger partial charge is 0.396 e. The number of aliphatic imine (C=N–C) groups is 1. The first-order chi connectivity index (χ1) is 7.29. The number of hydrogen-bond donors (Lipinski definition) is 2. The van der Waals surface area contributed by atoms with Gasteiger partial charge >= 0.3 is 0 Å². The predicted molar refractivity (Wildman–Crippen MR) is 64.3 cm³/mol. The quantitative estimate of drug-likeness (QED) is 0.733. The third-order valence-electron chi connectivity index (χ3n) is 1.58. The van der Waals surface area contributed by atoms with E-state index in [1.54, 1.807) is 24.5 Å². The van der Waals surface area contributed by atoms with E-state index >= 15 is 0 Å². The zero-order valence-corrected chi connectivity index (χ0v) is 8.76. The Bertz CT molecular complexity index is 271. The summed E-state index contributed by atoms with van der Waals surface area (Å²) < 4.78 is 0. The van der Waals surface area contributed by atoms with Crippen molar-refractivity contribution < 1.29 is 5.11 Å². The smallest absolute Gasteiger partial charge is 0.0725 e. The molecule has 1 heterocycles. The molecular weight excluding hydrogens is 190 g/mol. The van der Waals surface area contributed by atoms with Crippen LogP contribution in [0.1, 0.15) is 12.0 Å². The molecule has 0 saturated heterocycles. The van der Waals surface area contributed by atoms with Crippen molar-refractivity contribution in [1.82, 2.24) is 4.98 Å². The standard InChI is InChI=1S/C8H8N2.C3H9NO/c1-3-7-6-10-5-4-8(7)9-2;4-2-1-3-5/h3-6H,1-2H2;5H,1-4H2. The Kier molecular flexibility index (Phi) is 8.13. The summed E-state index contributed by atoms with van der Waals surface area (Å²) in [5.74, 6) is 0. The molecule has 0 aliphatic carbocycles. The Balaban J connectivity index is 0.000000336. The highest BCUT2D eigenvalue weighted by Gasteiger charge is 1.91. The molecule has 4 heteroatoms. The average molecular weight is 207 g/mol. The van der Waals surface area contributed by atoms with E-state index in [4.69, 9.17) is 10.8 Å². The van der Waals surface area contributed by atoms with Gasteiger partial charge < -0.3 is 10.8 Å². The minimum Gasteiger partial charge on any atom is -0.396 e. The highest BCUT2D eigenvalue weighted by Crippen LogP contribution is 2.16. The fraction of sp³-hybridized carbons (Fsp3) is 0.273. The van der Waals surface area contributed by atoms with Crippen LogP contribution in [-0.4, -0.2) is 30.0 Å². The molecule has 82 valence electrons.